The number of sulfonamides is 1. The molecule has 2 atom stereocenters. The molecule has 2 N–H and O–H groups in total. The van der Waals surface area contributed by atoms with Crippen LogP contribution in [0.25, 0.3) is 0 Å². The molecule has 1 aromatic carbocycles. The number of benzene rings is 1. The van der Waals surface area contributed by atoms with Crippen LogP contribution in [0, 0.1) is 5.92 Å². The molecule has 1 saturated heterocycles. The van der Waals surface area contributed by atoms with Crippen LogP contribution in [-0.4, -0.2) is 46.3 Å². The molecule has 0 spiro atoms. The van der Waals surface area contributed by atoms with Crippen LogP contribution in [0.3, 0.4) is 0 Å². The number of hydrogen-bond donors (Lipinski definition) is 2. The fraction of sp³-hybridized carbons (Fsp3) is 0.562. The van der Waals surface area contributed by atoms with E-state index in [2.05, 4.69) is 10.0 Å². The van der Waals surface area contributed by atoms with Gasteiger partial charge in [-0.15, -0.1) is 0 Å². The first-order valence-electron chi connectivity index (χ1n) is 8.30. The molecule has 1 saturated carbocycles. The van der Waals surface area contributed by atoms with Crippen LogP contribution in [0.2, 0.25) is 0 Å². The number of carbonyl (C=O) groups is 1. The van der Waals surface area contributed by atoms with E-state index in [1.54, 1.807) is 6.07 Å². The van der Waals surface area contributed by atoms with Gasteiger partial charge in [0.05, 0.1) is 16.4 Å². The number of amides is 1. The maximum Gasteiger partial charge on any atom is 0.251 e. The molecule has 0 unspecified atom stereocenters. The van der Waals surface area contributed by atoms with Crippen molar-refractivity contribution >= 4 is 25.8 Å². The second-order valence-electron chi connectivity index (χ2n) is 6.85. The van der Waals surface area contributed by atoms with Crippen molar-refractivity contribution in [3.63, 3.8) is 0 Å². The van der Waals surface area contributed by atoms with E-state index in [1.807, 2.05) is 6.92 Å². The van der Waals surface area contributed by atoms with Gasteiger partial charge in [-0.05, 0) is 50.3 Å². The highest BCUT2D eigenvalue weighted by Gasteiger charge is 2.32. The Bertz CT molecular complexity index is 876. The molecule has 1 aliphatic carbocycles. The monoisotopic (exact) mass is 386 g/mol. The number of hydrogen-bond acceptors (Lipinski definition) is 5. The van der Waals surface area contributed by atoms with Gasteiger partial charge in [-0.25, -0.2) is 21.6 Å². The summed E-state index contributed by atoms with van der Waals surface area (Å²) in [5, 5.41) is 2.89. The molecule has 0 radical (unpaired) electrons. The Morgan fingerprint density at radius 3 is 2.56 bits per heavy atom. The van der Waals surface area contributed by atoms with Crippen molar-refractivity contribution in [2.45, 2.75) is 43.2 Å². The average molecular weight is 386 g/mol. The molecule has 1 heterocycles. The van der Waals surface area contributed by atoms with Gasteiger partial charge in [-0.3, -0.25) is 4.79 Å². The maximum absolute atomic E-state index is 12.5. The Balaban J connectivity index is 1.72. The van der Waals surface area contributed by atoms with Crippen LogP contribution >= 0.6 is 0 Å². The van der Waals surface area contributed by atoms with Crippen LogP contribution < -0.4 is 10.0 Å². The molecule has 3 rings (SSSR count). The number of nitrogens with one attached hydrogen (secondary N) is 2. The van der Waals surface area contributed by atoms with Gasteiger partial charge in [-0.2, -0.15) is 0 Å². The number of sulfone groups is 1. The largest absolute Gasteiger partial charge is 0.349 e. The molecule has 1 aromatic rings. The molecule has 0 bridgehead atoms. The zero-order valence-electron chi connectivity index (χ0n) is 13.9. The first-order valence-corrected chi connectivity index (χ1v) is 11.6. The molecule has 25 heavy (non-hydrogen) atoms. The lowest BCUT2D eigenvalue weighted by atomic mass is 10.1. The highest BCUT2D eigenvalue weighted by Crippen LogP contribution is 2.32. The SMILES string of the molecule is C[C@H](NC(=O)c1cccc(S(=O)(=O)N[C@H]2CCS(=O)(=O)C2)c1)C1CC1. The molecule has 0 aromatic heterocycles. The lowest BCUT2D eigenvalue weighted by Gasteiger charge is -2.14. The van der Waals surface area contributed by atoms with Gasteiger partial charge in [0.25, 0.3) is 5.91 Å². The summed E-state index contributed by atoms with van der Waals surface area (Å²) in [6, 6.07) is 5.23. The first kappa shape index (κ1) is 18.3. The van der Waals surface area contributed by atoms with Gasteiger partial charge in [0.15, 0.2) is 9.84 Å². The van der Waals surface area contributed by atoms with Crippen LogP contribution in [0.4, 0.5) is 0 Å². The van der Waals surface area contributed by atoms with E-state index in [-0.39, 0.29) is 40.3 Å². The van der Waals surface area contributed by atoms with Crippen molar-refractivity contribution in [3.05, 3.63) is 29.8 Å². The van der Waals surface area contributed by atoms with Crippen molar-refractivity contribution in [2.75, 3.05) is 11.5 Å². The highest BCUT2D eigenvalue weighted by molar-refractivity contribution is 7.92. The molecule has 2 aliphatic rings. The lowest BCUT2D eigenvalue weighted by molar-refractivity contribution is 0.0935. The molecular weight excluding hydrogens is 364 g/mol. The van der Waals surface area contributed by atoms with Crippen molar-refractivity contribution in [1.29, 1.82) is 0 Å². The normalized spacial score (nSPS) is 24.0. The van der Waals surface area contributed by atoms with Crippen molar-refractivity contribution in [2.24, 2.45) is 5.92 Å². The number of rotatable bonds is 6. The van der Waals surface area contributed by atoms with Crippen molar-refractivity contribution in [1.82, 2.24) is 10.0 Å². The van der Waals surface area contributed by atoms with Crippen molar-refractivity contribution < 1.29 is 21.6 Å². The minimum absolute atomic E-state index is 0.0122. The summed E-state index contributed by atoms with van der Waals surface area (Å²) in [5.74, 6) is -0.00533. The topological polar surface area (TPSA) is 109 Å². The van der Waals surface area contributed by atoms with Crippen LogP contribution in [-0.2, 0) is 19.9 Å². The molecular formula is C16H22N2O5S2. The van der Waals surface area contributed by atoms with E-state index in [4.69, 9.17) is 0 Å². The summed E-state index contributed by atoms with van der Waals surface area (Å²) in [7, 11) is -7.06. The Morgan fingerprint density at radius 2 is 1.96 bits per heavy atom. The zero-order valence-corrected chi connectivity index (χ0v) is 15.6. The minimum Gasteiger partial charge on any atom is -0.349 e. The Hall–Kier alpha value is -1.45. The predicted octanol–water partition coefficient (Wildman–Crippen LogP) is 0.680. The van der Waals surface area contributed by atoms with Gasteiger partial charge in [-0.1, -0.05) is 6.07 Å². The first-order chi connectivity index (χ1) is 11.7. The Morgan fingerprint density at radius 1 is 1.24 bits per heavy atom. The molecule has 2 fully saturated rings. The summed E-state index contributed by atoms with van der Waals surface area (Å²) in [4.78, 5) is 12.3. The second-order valence-corrected chi connectivity index (χ2v) is 10.8. The zero-order chi connectivity index (χ0) is 18.2. The fourth-order valence-electron chi connectivity index (χ4n) is 2.98. The second kappa shape index (κ2) is 6.69. The van der Waals surface area contributed by atoms with Gasteiger partial charge < -0.3 is 5.32 Å². The predicted molar refractivity (Wildman–Crippen MR) is 93.5 cm³/mol. The van der Waals surface area contributed by atoms with Crippen molar-refractivity contribution in [3.8, 4) is 0 Å². The summed E-state index contributed by atoms with van der Waals surface area (Å²) in [5.41, 5.74) is 0.273. The lowest BCUT2D eigenvalue weighted by Crippen LogP contribution is -2.36. The van der Waals surface area contributed by atoms with E-state index < -0.39 is 25.9 Å². The minimum atomic E-state index is -3.88. The molecule has 9 heteroatoms. The highest BCUT2D eigenvalue weighted by atomic mass is 32.2. The number of carbonyl (C=O) groups excluding carboxylic acids is 1. The molecule has 1 amide bonds. The van der Waals surface area contributed by atoms with Crippen LogP contribution in [0.5, 0.6) is 0 Å². The smallest absolute Gasteiger partial charge is 0.251 e. The summed E-state index contributed by atoms with van der Waals surface area (Å²) >= 11 is 0. The third kappa shape index (κ3) is 4.59. The molecule has 7 nitrogen and oxygen atoms in total. The van der Waals surface area contributed by atoms with E-state index in [0.717, 1.165) is 12.8 Å². The third-order valence-electron chi connectivity index (χ3n) is 4.65. The Kier molecular flexibility index (Phi) is 4.91. The molecule has 138 valence electrons. The van der Waals surface area contributed by atoms with E-state index in [9.17, 15) is 21.6 Å². The van der Waals surface area contributed by atoms with E-state index in [0.29, 0.717) is 5.92 Å². The summed E-state index contributed by atoms with van der Waals surface area (Å²) in [6.45, 7) is 1.94. The quantitative estimate of drug-likeness (QED) is 0.747. The van der Waals surface area contributed by atoms with Gasteiger partial charge >= 0.3 is 0 Å². The van der Waals surface area contributed by atoms with Gasteiger partial charge in [0.2, 0.25) is 10.0 Å². The standard InChI is InChI=1S/C16H22N2O5S2/c1-11(12-5-6-12)17-16(19)13-3-2-4-15(9-13)25(22,23)18-14-7-8-24(20,21)10-14/h2-4,9,11-12,14,18H,5-8,10H2,1H3,(H,17,19)/t11-,14-/m0/s1. The van der Waals surface area contributed by atoms with E-state index >= 15 is 0 Å². The van der Waals surface area contributed by atoms with Gasteiger partial charge in [0.1, 0.15) is 0 Å². The summed E-state index contributed by atoms with van der Waals surface area (Å²) in [6.07, 6.45) is 2.47. The fourth-order valence-corrected chi connectivity index (χ4v) is 6.08. The van der Waals surface area contributed by atoms with Gasteiger partial charge in [0, 0.05) is 17.6 Å². The average Bonchev–Trinajstić information content (AvgIpc) is 3.32. The Labute approximate surface area is 148 Å². The van der Waals surface area contributed by atoms with Crippen LogP contribution in [0.1, 0.15) is 36.5 Å². The van der Waals surface area contributed by atoms with E-state index in [1.165, 1.54) is 18.2 Å². The summed E-state index contributed by atoms with van der Waals surface area (Å²) < 4.78 is 50.3. The third-order valence-corrected chi connectivity index (χ3v) is 7.93. The molecule has 1 aliphatic heterocycles. The maximum atomic E-state index is 12.5. The van der Waals surface area contributed by atoms with Crippen LogP contribution in [0.15, 0.2) is 29.2 Å².